The molecule has 0 amide bonds. The number of halogens is 1. The van der Waals surface area contributed by atoms with Gasteiger partial charge in [0.15, 0.2) is 5.96 Å². The van der Waals surface area contributed by atoms with Gasteiger partial charge in [-0.05, 0) is 30.9 Å². The molecule has 3 rings (SSSR count). The van der Waals surface area contributed by atoms with Crippen LogP contribution in [0.15, 0.2) is 40.7 Å². The van der Waals surface area contributed by atoms with Crippen LogP contribution in [0.3, 0.4) is 0 Å². The van der Waals surface area contributed by atoms with Crippen LogP contribution in [-0.4, -0.2) is 67.1 Å². The number of benzene rings is 1. The molecule has 1 aliphatic heterocycles. The average Bonchev–Trinajstić information content (AvgIpc) is 3.27. The third-order valence-electron chi connectivity index (χ3n) is 5.70. The zero-order chi connectivity index (χ0) is 21.9. The van der Waals surface area contributed by atoms with Gasteiger partial charge in [0.2, 0.25) is 0 Å². The Morgan fingerprint density at radius 3 is 2.44 bits per heavy atom. The smallest absolute Gasteiger partial charge is 0.191 e. The molecular formula is C24H39IN6S. The molecule has 0 saturated carbocycles. The Morgan fingerprint density at radius 1 is 1.06 bits per heavy atom. The molecule has 0 radical (unpaired) electrons. The normalized spacial score (nSPS) is 15.6. The van der Waals surface area contributed by atoms with Crippen molar-refractivity contribution in [3.8, 4) is 0 Å². The third-order valence-corrected chi connectivity index (χ3v) is 6.57. The monoisotopic (exact) mass is 570 g/mol. The standard InChI is InChI=1S/C24H38N6S.HI/c1-20(2)22-19-31-23(28-22)17-27-24(25-3)26-11-7-8-12-29-13-15-30(16-14-29)18-21-9-5-4-6-10-21;/h4-6,9-10,19-20H,7-8,11-18H2,1-3H3,(H2,25,26,27);1H. The second-order valence-corrected chi connectivity index (χ2v) is 9.43. The first-order chi connectivity index (χ1) is 15.1. The van der Waals surface area contributed by atoms with Crippen molar-refractivity contribution in [1.29, 1.82) is 0 Å². The predicted octanol–water partition coefficient (Wildman–Crippen LogP) is 4.15. The minimum Gasteiger partial charge on any atom is -0.356 e. The lowest BCUT2D eigenvalue weighted by Gasteiger charge is -2.34. The summed E-state index contributed by atoms with van der Waals surface area (Å²) in [5.74, 6) is 1.34. The number of hydrogen-bond acceptors (Lipinski definition) is 5. The number of guanidine groups is 1. The number of piperazine rings is 1. The summed E-state index contributed by atoms with van der Waals surface area (Å²) in [5.41, 5.74) is 2.59. The molecule has 32 heavy (non-hydrogen) atoms. The zero-order valence-corrected chi connectivity index (χ0v) is 22.9. The van der Waals surface area contributed by atoms with Gasteiger partial charge in [0.1, 0.15) is 5.01 Å². The number of nitrogens with zero attached hydrogens (tertiary/aromatic N) is 4. The molecule has 2 N–H and O–H groups in total. The Morgan fingerprint density at radius 2 is 1.78 bits per heavy atom. The summed E-state index contributed by atoms with van der Waals surface area (Å²) in [4.78, 5) is 14.2. The van der Waals surface area contributed by atoms with E-state index in [1.165, 1.54) is 50.4 Å². The summed E-state index contributed by atoms with van der Waals surface area (Å²) in [7, 11) is 1.83. The lowest BCUT2D eigenvalue weighted by atomic mass is 10.2. The molecule has 0 aliphatic carbocycles. The highest BCUT2D eigenvalue weighted by Gasteiger charge is 2.16. The molecule has 1 aromatic carbocycles. The van der Waals surface area contributed by atoms with Crippen molar-refractivity contribution in [2.75, 3.05) is 46.3 Å². The van der Waals surface area contributed by atoms with Crippen LogP contribution in [0.4, 0.5) is 0 Å². The Labute approximate surface area is 214 Å². The van der Waals surface area contributed by atoms with Crippen LogP contribution < -0.4 is 10.6 Å². The van der Waals surface area contributed by atoms with E-state index in [0.29, 0.717) is 5.92 Å². The SMILES string of the molecule is CN=C(NCCCCN1CCN(Cc2ccccc2)CC1)NCc1nc(C(C)C)cs1.I. The molecule has 178 valence electrons. The van der Waals surface area contributed by atoms with Gasteiger partial charge in [-0.1, -0.05) is 44.2 Å². The van der Waals surface area contributed by atoms with Gasteiger partial charge in [0.05, 0.1) is 12.2 Å². The molecular weight excluding hydrogens is 531 g/mol. The number of aromatic nitrogens is 1. The fraction of sp³-hybridized carbons (Fsp3) is 0.583. The van der Waals surface area contributed by atoms with E-state index in [1.807, 2.05) is 7.05 Å². The third kappa shape index (κ3) is 9.33. The maximum atomic E-state index is 4.67. The molecule has 1 saturated heterocycles. The maximum absolute atomic E-state index is 4.67. The molecule has 1 aromatic heterocycles. The number of rotatable bonds is 10. The molecule has 6 nitrogen and oxygen atoms in total. The Balaban J connectivity index is 0.00000363. The second-order valence-electron chi connectivity index (χ2n) is 8.48. The van der Waals surface area contributed by atoms with Gasteiger partial charge in [-0.2, -0.15) is 0 Å². The first kappa shape index (κ1) is 27.0. The molecule has 0 atom stereocenters. The van der Waals surface area contributed by atoms with E-state index in [1.54, 1.807) is 11.3 Å². The molecule has 1 aliphatic rings. The molecule has 2 heterocycles. The van der Waals surface area contributed by atoms with Crippen LogP contribution in [0.1, 0.15) is 48.9 Å². The van der Waals surface area contributed by atoms with E-state index < -0.39 is 0 Å². The summed E-state index contributed by atoms with van der Waals surface area (Å²) < 4.78 is 0. The van der Waals surface area contributed by atoms with Crippen LogP contribution in [0.25, 0.3) is 0 Å². The van der Waals surface area contributed by atoms with E-state index in [-0.39, 0.29) is 24.0 Å². The molecule has 2 aromatic rings. The van der Waals surface area contributed by atoms with Crippen LogP contribution >= 0.6 is 35.3 Å². The summed E-state index contributed by atoms with van der Waals surface area (Å²) in [5, 5.41) is 10.1. The average molecular weight is 571 g/mol. The van der Waals surface area contributed by atoms with Crippen molar-refractivity contribution in [3.05, 3.63) is 52.0 Å². The lowest BCUT2D eigenvalue weighted by molar-refractivity contribution is 0.126. The van der Waals surface area contributed by atoms with E-state index in [0.717, 1.165) is 37.0 Å². The molecule has 0 spiro atoms. The van der Waals surface area contributed by atoms with Gasteiger partial charge in [0.25, 0.3) is 0 Å². The second kappa shape index (κ2) is 14.8. The fourth-order valence-corrected chi connectivity index (χ4v) is 4.63. The van der Waals surface area contributed by atoms with E-state index in [4.69, 9.17) is 0 Å². The van der Waals surface area contributed by atoms with Crippen molar-refractivity contribution >= 4 is 41.3 Å². The van der Waals surface area contributed by atoms with Gasteiger partial charge in [-0.25, -0.2) is 4.98 Å². The number of aliphatic imine (C=N–C) groups is 1. The van der Waals surface area contributed by atoms with Gasteiger partial charge < -0.3 is 15.5 Å². The number of unbranched alkanes of at least 4 members (excludes halogenated alkanes) is 1. The van der Waals surface area contributed by atoms with Crippen LogP contribution in [0.2, 0.25) is 0 Å². The summed E-state index contributed by atoms with van der Waals surface area (Å²) >= 11 is 1.71. The summed E-state index contributed by atoms with van der Waals surface area (Å²) in [6.45, 7) is 13.0. The van der Waals surface area contributed by atoms with Crippen molar-refractivity contribution in [1.82, 2.24) is 25.4 Å². The topological polar surface area (TPSA) is 55.8 Å². The van der Waals surface area contributed by atoms with Crippen LogP contribution in [0, 0.1) is 0 Å². The highest BCUT2D eigenvalue weighted by molar-refractivity contribution is 14.0. The highest BCUT2D eigenvalue weighted by Crippen LogP contribution is 2.17. The molecule has 8 heteroatoms. The summed E-state index contributed by atoms with van der Waals surface area (Å²) in [6, 6.07) is 10.8. The van der Waals surface area contributed by atoms with Crippen molar-refractivity contribution < 1.29 is 0 Å². The number of thiazole rings is 1. The predicted molar refractivity (Wildman–Crippen MR) is 147 cm³/mol. The number of hydrogen-bond donors (Lipinski definition) is 2. The Kier molecular flexibility index (Phi) is 12.5. The zero-order valence-electron chi connectivity index (χ0n) is 19.7. The van der Waals surface area contributed by atoms with Gasteiger partial charge >= 0.3 is 0 Å². The van der Waals surface area contributed by atoms with E-state index in [9.17, 15) is 0 Å². The van der Waals surface area contributed by atoms with Crippen molar-refractivity contribution in [3.63, 3.8) is 0 Å². The van der Waals surface area contributed by atoms with Gasteiger partial charge in [-0.3, -0.25) is 9.89 Å². The maximum Gasteiger partial charge on any atom is 0.191 e. The quantitative estimate of drug-likeness (QED) is 0.195. The Hall–Kier alpha value is -1.23. The Bertz CT molecular complexity index is 787. The molecule has 0 bridgehead atoms. The first-order valence-electron chi connectivity index (χ1n) is 11.5. The lowest BCUT2D eigenvalue weighted by Crippen LogP contribution is -2.46. The van der Waals surface area contributed by atoms with Crippen LogP contribution in [0.5, 0.6) is 0 Å². The number of nitrogens with one attached hydrogen (secondary N) is 2. The molecule has 0 unspecified atom stereocenters. The van der Waals surface area contributed by atoms with Gasteiger partial charge in [0, 0.05) is 51.7 Å². The van der Waals surface area contributed by atoms with E-state index >= 15 is 0 Å². The van der Waals surface area contributed by atoms with Crippen LogP contribution in [-0.2, 0) is 13.1 Å². The van der Waals surface area contributed by atoms with Crippen molar-refractivity contribution in [2.24, 2.45) is 4.99 Å². The minimum atomic E-state index is 0. The fourth-order valence-electron chi connectivity index (χ4n) is 3.73. The highest BCUT2D eigenvalue weighted by atomic mass is 127. The van der Waals surface area contributed by atoms with E-state index in [2.05, 4.69) is 80.0 Å². The largest absolute Gasteiger partial charge is 0.356 e. The minimum absolute atomic E-state index is 0. The van der Waals surface area contributed by atoms with Crippen molar-refractivity contribution in [2.45, 2.75) is 45.7 Å². The molecule has 1 fully saturated rings. The van der Waals surface area contributed by atoms with Gasteiger partial charge in [-0.15, -0.1) is 35.3 Å². The summed E-state index contributed by atoms with van der Waals surface area (Å²) in [6.07, 6.45) is 2.37. The first-order valence-corrected chi connectivity index (χ1v) is 12.4.